The van der Waals surface area contributed by atoms with E-state index in [0.717, 1.165) is 32.1 Å². The van der Waals surface area contributed by atoms with Gasteiger partial charge in [-0.1, -0.05) is 6.42 Å². The summed E-state index contributed by atoms with van der Waals surface area (Å²) in [4.78, 5) is 23.7. The average molecular weight is 342 g/mol. The third-order valence-corrected chi connectivity index (χ3v) is 4.33. The van der Waals surface area contributed by atoms with Gasteiger partial charge >= 0.3 is 0 Å². The molecule has 2 saturated carbocycles. The van der Waals surface area contributed by atoms with Gasteiger partial charge in [0.25, 0.3) is 0 Å². The number of carbonyl (C=O) groups is 2. The molecule has 3 rings (SSSR count). The summed E-state index contributed by atoms with van der Waals surface area (Å²) in [5.74, 6) is 0.198. The lowest BCUT2D eigenvalue weighted by Gasteiger charge is -2.14. The molecule has 1 aromatic rings. The summed E-state index contributed by atoms with van der Waals surface area (Å²) >= 11 is 0. The molecule has 0 aromatic carbocycles. The van der Waals surface area contributed by atoms with Crippen LogP contribution in [0.25, 0.3) is 0 Å². The Balaban J connectivity index is 0.00000192. The van der Waals surface area contributed by atoms with E-state index >= 15 is 0 Å². The van der Waals surface area contributed by atoms with Crippen LogP contribution in [0.4, 0.5) is 5.69 Å². The number of amides is 2. The van der Waals surface area contributed by atoms with Crippen molar-refractivity contribution in [2.24, 2.45) is 11.7 Å². The molecule has 8 heteroatoms. The second kappa shape index (κ2) is 7.79. The molecule has 0 unspecified atom stereocenters. The Morgan fingerprint density at radius 3 is 2.70 bits per heavy atom. The van der Waals surface area contributed by atoms with Crippen molar-refractivity contribution in [2.45, 2.75) is 57.2 Å². The van der Waals surface area contributed by atoms with E-state index in [-0.39, 0.29) is 42.7 Å². The lowest BCUT2D eigenvalue weighted by Crippen LogP contribution is -2.29. The van der Waals surface area contributed by atoms with Crippen LogP contribution in [-0.2, 0) is 16.1 Å². The molecule has 1 heterocycles. The highest BCUT2D eigenvalue weighted by atomic mass is 35.5. The minimum Gasteiger partial charge on any atom is -0.352 e. The van der Waals surface area contributed by atoms with Crippen LogP contribution in [0, 0.1) is 5.92 Å². The number of halogens is 1. The molecule has 0 spiro atoms. The predicted octanol–water partition coefficient (Wildman–Crippen LogP) is 1.04. The average Bonchev–Trinajstić information content (AvgIpc) is 3.02. The highest BCUT2D eigenvalue weighted by Gasteiger charge is 2.26. The quantitative estimate of drug-likeness (QED) is 0.719. The molecule has 0 aliphatic heterocycles. The number of hydrogen-bond donors (Lipinski definition) is 3. The second-order valence-electron chi connectivity index (χ2n) is 6.38. The fraction of sp³-hybridized carbons (Fsp3) is 0.667. The van der Waals surface area contributed by atoms with Crippen LogP contribution in [0.2, 0.25) is 0 Å². The SMILES string of the molecule is Cl.N[C@@H]1CCC[C@H]1CC(=O)Nc1cnn(CC(=O)NC2CC2)c1. The molecule has 0 radical (unpaired) electrons. The van der Waals surface area contributed by atoms with Crippen LogP contribution in [-0.4, -0.2) is 33.7 Å². The summed E-state index contributed by atoms with van der Waals surface area (Å²) in [5, 5.41) is 9.83. The Morgan fingerprint density at radius 1 is 1.26 bits per heavy atom. The van der Waals surface area contributed by atoms with Crippen molar-refractivity contribution < 1.29 is 9.59 Å². The summed E-state index contributed by atoms with van der Waals surface area (Å²) < 4.78 is 1.54. The fourth-order valence-corrected chi connectivity index (χ4v) is 2.93. The van der Waals surface area contributed by atoms with Gasteiger partial charge in [-0.05, 0) is 31.6 Å². The Morgan fingerprint density at radius 2 is 2.04 bits per heavy atom. The number of nitrogens with zero attached hydrogens (tertiary/aromatic N) is 2. The van der Waals surface area contributed by atoms with Crippen LogP contribution in [0.3, 0.4) is 0 Å². The summed E-state index contributed by atoms with van der Waals surface area (Å²) in [6, 6.07) is 0.484. The standard InChI is InChI=1S/C15H23N5O2.ClH/c16-13-3-1-2-10(13)6-14(21)19-12-7-17-20(8-12)9-15(22)18-11-4-5-11;/h7-8,10-11,13H,1-6,9,16H2,(H,18,22)(H,19,21);1H/t10-,13+;/m0./s1. The lowest BCUT2D eigenvalue weighted by atomic mass is 10.00. The molecule has 4 N–H and O–H groups in total. The zero-order valence-electron chi connectivity index (χ0n) is 13.0. The highest BCUT2D eigenvalue weighted by Crippen LogP contribution is 2.27. The van der Waals surface area contributed by atoms with E-state index in [0.29, 0.717) is 18.2 Å². The van der Waals surface area contributed by atoms with E-state index in [2.05, 4.69) is 15.7 Å². The Labute approximate surface area is 141 Å². The number of aromatic nitrogens is 2. The minimum absolute atomic E-state index is 0. The molecule has 2 aliphatic carbocycles. The van der Waals surface area contributed by atoms with Crippen LogP contribution < -0.4 is 16.4 Å². The van der Waals surface area contributed by atoms with Crippen molar-refractivity contribution in [3.05, 3.63) is 12.4 Å². The highest BCUT2D eigenvalue weighted by molar-refractivity contribution is 5.90. The third kappa shape index (κ3) is 5.21. The van der Waals surface area contributed by atoms with Crippen molar-refractivity contribution >= 4 is 29.9 Å². The molecular weight excluding hydrogens is 318 g/mol. The zero-order valence-corrected chi connectivity index (χ0v) is 13.8. The summed E-state index contributed by atoms with van der Waals surface area (Å²) in [5.41, 5.74) is 6.60. The van der Waals surface area contributed by atoms with E-state index in [1.165, 1.54) is 4.68 Å². The van der Waals surface area contributed by atoms with Gasteiger partial charge in [-0.3, -0.25) is 14.3 Å². The van der Waals surface area contributed by atoms with Crippen molar-refractivity contribution in [1.29, 1.82) is 0 Å². The first-order valence-corrected chi connectivity index (χ1v) is 7.97. The van der Waals surface area contributed by atoms with Crippen LogP contribution in [0.1, 0.15) is 38.5 Å². The zero-order chi connectivity index (χ0) is 15.5. The van der Waals surface area contributed by atoms with Gasteiger partial charge in [-0.15, -0.1) is 12.4 Å². The number of carbonyl (C=O) groups excluding carboxylic acids is 2. The fourth-order valence-electron chi connectivity index (χ4n) is 2.93. The van der Waals surface area contributed by atoms with Crippen molar-refractivity contribution in [3.63, 3.8) is 0 Å². The molecule has 2 atom stereocenters. The molecule has 7 nitrogen and oxygen atoms in total. The molecular formula is C15H24ClN5O2. The third-order valence-electron chi connectivity index (χ3n) is 4.33. The van der Waals surface area contributed by atoms with Crippen LogP contribution in [0.5, 0.6) is 0 Å². The lowest BCUT2D eigenvalue weighted by molar-refractivity contribution is -0.122. The van der Waals surface area contributed by atoms with E-state index in [1.54, 1.807) is 12.4 Å². The molecule has 1 aromatic heterocycles. The molecule has 2 amide bonds. The van der Waals surface area contributed by atoms with Crippen molar-refractivity contribution in [2.75, 3.05) is 5.32 Å². The minimum atomic E-state index is -0.0413. The van der Waals surface area contributed by atoms with Crippen LogP contribution >= 0.6 is 12.4 Å². The van der Waals surface area contributed by atoms with E-state index in [9.17, 15) is 9.59 Å². The Kier molecular flexibility index (Phi) is 6.01. The molecule has 128 valence electrons. The monoisotopic (exact) mass is 341 g/mol. The van der Waals surface area contributed by atoms with Gasteiger partial charge in [0, 0.05) is 24.7 Å². The van der Waals surface area contributed by atoms with Gasteiger partial charge < -0.3 is 16.4 Å². The largest absolute Gasteiger partial charge is 0.352 e. The molecule has 23 heavy (non-hydrogen) atoms. The van der Waals surface area contributed by atoms with E-state index in [1.807, 2.05) is 0 Å². The Hall–Kier alpha value is -1.60. The van der Waals surface area contributed by atoms with Gasteiger partial charge in [-0.25, -0.2) is 0 Å². The van der Waals surface area contributed by atoms with E-state index < -0.39 is 0 Å². The Bertz CT molecular complexity index is 558. The normalized spacial score (nSPS) is 23.2. The number of anilines is 1. The van der Waals surface area contributed by atoms with Crippen molar-refractivity contribution in [3.8, 4) is 0 Å². The number of hydrogen-bond acceptors (Lipinski definition) is 4. The molecule has 2 aliphatic rings. The topological polar surface area (TPSA) is 102 Å². The summed E-state index contributed by atoms with van der Waals surface area (Å²) in [6.45, 7) is 0.180. The van der Waals surface area contributed by atoms with Gasteiger partial charge in [0.2, 0.25) is 11.8 Å². The van der Waals surface area contributed by atoms with Crippen LogP contribution in [0.15, 0.2) is 12.4 Å². The maximum Gasteiger partial charge on any atom is 0.241 e. The predicted molar refractivity (Wildman–Crippen MR) is 89.2 cm³/mol. The van der Waals surface area contributed by atoms with Gasteiger partial charge in [0.1, 0.15) is 6.54 Å². The number of nitrogens with two attached hydrogens (primary N) is 1. The first-order valence-electron chi connectivity index (χ1n) is 7.97. The first-order chi connectivity index (χ1) is 10.6. The van der Waals surface area contributed by atoms with Gasteiger partial charge in [0.15, 0.2) is 0 Å². The second-order valence-corrected chi connectivity index (χ2v) is 6.38. The summed E-state index contributed by atoms with van der Waals surface area (Å²) in [6.07, 6.45) is 8.96. The number of rotatable bonds is 6. The molecule has 2 fully saturated rings. The summed E-state index contributed by atoms with van der Waals surface area (Å²) in [7, 11) is 0. The van der Waals surface area contributed by atoms with Crippen molar-refractivity contribution in [1.82, 2.24) is 15.1 Å². The molecule has 0 saturated heterocycles. The first kappa shape index (κ1) is 17.7. The van der Waals surface area contributed by atoms with E-state index in [4.69, 9.17) is 5.73 Å². The molecule has 0 bridgehead atoms. The maximum atomic E-state index is 12.0. The van der Waals surface area contributed by atoms with Gasteiger partial charge in [0.05, 0.1) is 11.9 Å². The number of nitrogens with one attached hydrogen (secondary N) is 2. The smallest absolute Gasteiger partial charge is 0.241 e. The maximum absolute atomic E-state index is 12.0. The van der Waals surface area contributed by atoms with Gasteiger partial charge in [-0.2, -0.15) is 5.10 Å².